The monoisotopic (exact) mass is 362 g/mol. The van der Waals surface area contributed by atoms with Gasteiger partial charge >= 0.3 is 0 Å². The smallest absolute Gasteiger partial charge is 0.123 e. The maximum Gasteiger partial charge on any atom is 0.123 e. The van der Waals surface area contributed by atoms with Gasteiger partial charge in [0.15, 0.2) is 0 Å². The predicted molar refractivity (Wildman–Crippen MR) is 113 cm³/mol. The molecule has 2 heteroatoms. The Balaban J connectivity index is 2.23. The van der Waals surface area contributed by atoms with Gasteiger partial charge in [0.05, 0.1) is 0 Å². The van der Waals surface area contributed by atoms with E-state index in [4.69, 9.17) is 0 Å². The molecule has 1 saturated carbocycles. The Labute approximate surface area is 160 Å². The summed E-state index contributed by atoms with van der Waals surface area (Å²) in [6.45, 7) is 13.4. The highest BCUT2D eigenvalue weighted by Gasteiger charge is 2.25. The van der Waals surface area contributed by atoms with E-state index in [0.29, 0.717) is 5.75 Å². The van der Waals surface area contributed by atoms with Crippen molar-refractivity contribution in [2.45, 2.75) is 108 Å². The molecule has 0 atom stereocenters. The lowest BCUT2D eigenvalue weighted by atomic mass is 9.79. The fourth-order valence-electron chi connectivity index (χ4n) is 3.60. The number of phenolic OH excluding ortho intramolecular Hbond substituents is 1. The van der Waals surface area contributed by atoms with Crippen molar-refractivity contribution in [1.29, 1.82) is 0 Å². The molecule has 1 N–H and O–H groups in total. The van der Waals surface area contributed by atoms with Crippen molar-refractivity contribution in [3.8, 4) is 5.75 Å². The Hall–Kier alpha value is -0.630. The fraction of sp³-hybridized carbons (Fsp3) is 0.739. The highest BCUT2D eigenvalue weighted by molar-refractivity contribution is 7.99. The van der Waals surface area contributed by atoms with Crippen molar-refractivity contribution in [3.05, 3.63) is 28.8 Å². The van der Waals surface area contributed by atoms with Crippen molar-refractivity contribution in [3.63, 3.8) is 0 Å². The van der Waals surface area contributed by atoms with Crippen LogP contribution in [0.15, 0.2) is 12.1 Å². The molecule has 0 spiro atoms. The molecule has 1 fully saturated rings. The van der Waals surface area contributed by atoms with Gasteiger partial charge in [0.2, 0.25) is 0 Å². The Morgan fingerprint density at radius 2 is 1.44 bits per heavy atom. The summed E-state index contributed by atoms with van der Waals surface area (Å²) < 4.78 is 0. The molecular weight excluding hydrogens is 324 g/mol. The van der Waals surface area contributed by atoms with E-state index in [2.05, 4.69) is 65.4 Å². The first-order valence-corrected chi connectivity index (χ1v) is 11.1. The molecule has 0 unspecified atom stereocenters. The lowest BCUT2D eigenvalue weighted by molar-refractivity contribution is 0.440. The Morgan fingerprint density at radius 3 is 1.96 bits per heavy atom. The molecule has 0 aliphatic heterocycles. The topological polar surface area (TPSA) is 20.2 Å². The summed E-state index contributed by atoms with van der Waals surface area (Å²) in [7, 11) is 0. The number of hydrogen-bond acceptors (Lipinski definition) is 2. The van der Waals surface area contributed by atoms with Crippen LogP contribution in [-0.4, -0.2) is 10.4 Å². The summed E-state index contributed by atoms with van der Waals surface area (Å²) >= 11 is 2.07. The average Bonchev–Trinajstić information content (AvgIpc) is 2.45. The van der Waals surface area contributed by atoms with E-state index in [-0.39, 0.29) is 10.8 Å². The molecule has 0 saturated heterocycles. The summed E-state index contributed by atoms with van der Waals surface area (Å²) in [5.74, 6) is 1.46. The minimum atomic E-state index is -0.0367. The zero-order valence-corrected chi connectivity index (χ0v) is 18.1. The standard InChI is InChI=1S/C23H38OS/c1-22(2,3)18-14-17(21(24)20(15-18)23(4,5)6)16-25-19-12-10-8-7-9-11-13-19/h14-15,19,24H,7-13,16H2,1-6H3. The van der Waals surface area contributed by atoms with Gasteiger partial charge in [-0.15, -0.1) is 0 Å². The third-order valence-electron chi connectivity index (χ3n) is 5.39. The van der Waals surface area contributed by atoms with Crippen LogP contribution < -0.4 is 0 Å². The van der Waals surface area contributed by atoms with Crippen molar-refractivity contribution in [1.82, 2.24) is 0 Å². The van der Waals surface area contributed by atoms with E-state index < -0.39 is 0 Å². The van der Waals surface area contributed by atoms with Gasteiger partial charge in [-0.2, -0.15) is 11.8 Å². The molecule has 0 aromatic heterocycles. The van der Waals surface area contributed by atoms with Crippen LogP contribution in [0.1, 0.15) is 103 Å². The molecule has 1 aromatic carbocycles. The van der Waals surface area contributed by atoms with Crippen LogP contribution in [-0.2, 0) is 16.6 Å². The van der Waals surface area contributed by atoms with Crippen LogP contribution in [0.5, 0.6) is 5.75 Å². The number of aromatic hydroxyl groups is 1. The predicted octanol–water partition coefficient (Wildman–Crippen LogP) is 7.33. The number of hydrogen-bond donors (Lipinski definition) is 1. The highest BCUT2D eigenvalue weighted by atomic mass is 32.2. The maximum absolute atomic E-state index is 10.9. The first-order chi connectivity index (χ1) is 11.6. The molecule has 1 aliphatic carbocycles. The van der Waals surface area contributed by atoms with Gasteiger partial charge in [0.25, 0.3) is 0 Å². The molecule has 1 aromatic rings. The van der Waals surface area contributed by atoms with Crippen molar-refractivity contribution in [2.24, 2.45) is 0 Å². The van der Waals surface area contributed by atoms with Gasteiger partial charge in [0, 0.05) is 16.6 Å². The van der Waals surface area contributed by atoms with Gasteiger partial charge in [-0.05, 0) is 34.8 Å². The second-order valence-electron chi connectivity index (χ2n) is 9.81. The van der Waals surface area contributed by atoms with Crippen molar-refractivity contribution >= 4 is 11.8 Å². The Morgan fingerprint density at radius 1 is 0.880 bits per heavy atom. The van der Waals surface area contributed by atoms with E-state index in [0.717, 1.165) is 22.1 Å². The summed E-state index contributed by atoms with van der Waals surface area (Å²) in [5, 5.41) is 11.7. The van der Waals surface area contributed by atoms with Gasteiger partial charge < -0.3 is 5.11 Å². The van der Waals surface area contributed by atoms with E-state index in [1.54, 1.807) is 0 Å². The SMILES string of the molecule is CC(C)(C)c1cc(CSC2CCCCCCC2)c(O)c(C(C)(C)C)c1. The zero-order valence-electron chi connectivity index (χ0n) is 17.2. The highest BCUT2D eigenvalue weighted by Crippen LogP contribution is 2.40. The summed E-state index contributed by atoms with van der Waals surface area (Å²) in [4.78, 5) is 0. The van der Waals surface area contributed by atoms with Crippen LogP contribution in [0.4, 0.5) is 0 Å². The quantitative estimate of drug-likeness (QED) is 0.607. The summed E-state index contributed by atoms with van der Waals surface area (Å²) in [5.41, 5.74) is 3.62. The van der Waals surface area contributed by atoms with Crippen LogP contribution in [0.2, 0.25) is 0 Å². The minimum Gasteiger partial charge on any atom is -0.507 e. The number of phenols is 1. The Kier molecular flexibility index (Phi) is 6.93. The van der Waals surface area contributed by atoms with E-state index in [1.807, 2.05) is 0 Å². The Bertz CT molecular complexity index is 555. The second kappa shape index (κ2) is 8.37. The molecule has 0 heterocycles. The average molecular weight is 363 g/mol. The molecule has 0 amide bonds. The van der Waals surface area contributed by atoms with Crippen LogP contribution in [0.25, 0.3) is 0 Å². The number of rotatable bonds is 3. The van der Waals surface area contributed by atoms with Crippen molar-refractivity contribution < 1.29 is 5.11 Å². The first-order valence-electron chi connectivity index (χ1n) is 10.1. The molecule has 0 bridgehead atoms. The lowest BCUT2D eigenvalue weighted by Gasteiger charge is -2.28. The lowest BCUT2D eigenvalue weighted by Crippen LogP contribution is -2.17. The largest absolute Gasteiger partial charge is 0.507 e. The normalized spacial score (nSPS) is 18.0. The number of benzene rings is 1. The maximum atomic E-state index is 10.9. The molecule has 1 nitrogen and oxygen atoms in total. The van der Waals surface area contributed by atoms with Crippen LogP contribution in [0.3, 0.4) is 0 Å². The molecule has 142 valence electrons. The first kappa shape index (κ1) is 20.7. The second-order valence-corrected chi connectivity index (χ2v) is 11.1. The third-order valence-corrected chi connectivity index (χ3v) is 6.81. The summed E-state index contributed by atoms with van der Waals surface area (Å²) in [6, 6.07) is 4.47. The summed E-state index contributed by atoms with van der Waals surface area (Å²) in [6.07, 6.45) is 9.65. The van der Waals surface area contributed by atoms with Crippen LogP contribution >= 0.6 is 11.8 Å². The van der Waals surface area contributed by atoms with Crippen molar-refractivity contribution in [2.75, 3.05) is 0 Å². The van der Waals surface area contributed by atoms with Crippen LogP contribution in [0, 0.1) is 0 Å². The van der Waals surface area contributed by atoms with E-state index in [9.17, 15) is 5.11 Å². The van der Waals surface area contributed by atoms with E-state index in [1.165, 1.54) is 50.5 Å². The molecular formula is C23H38OS. The molecule has 0 radical (unpaired) electrons. The van der Waals surface area contributed by atoms with E-state index >= 15 is 0 Å². The number of thioether (sulfide) groups is 1. The van der Waals surface area contributed by atoms with Gasteiger partial charge in [0.1, 0.15) is 5.75 Å². The molecule has 1 aliphatic rings. The van der Waals surface area contributed by atoms with Gasteiger partial charge in [-0.3, -0.25) is 0 Å². The molecule has 25 heavy (non-hydrogen) atoms. The fourth-order valence-corrected chi connectivity index (χ4v) is 4.90. The zero-order chi connectivity index (χ0) is 18.7. The third kappa shape index (κ3) is 5.94. The minimum absolute atomic E-state index is 0.0367. The van der Waals surface area contributed by atoms with Gasteiger partial charge in [-0.25, -0.2) is 0 Å². The van der Waals surface area contributed by atoms with Gasteiger partial charge in [-0.1, -0.05) is 85.8 Å². The molecule has 2 rings (SSSR count).